The zero-order valence-electron chi connectivity index (χ0n) is 18.2. The van der Waals surface area contributed by atoms with Gasteiger partial charge in [-0.05, 0) is 32.1 Å². The van der Waals surface area contributed by atoms with Crippen molar-refractivity contribution in [2.24, 2.45) is 0 Å². The van der Waals surface area contributed by atoms with Gasteiger partial charge in [-0.3, -0.25) is 0 Å². The van der Waals surface area contributed by atoms with Crippen LogP contribution in [-0.2, 0) is 9.53 Å². The van der Waals surface area contributed by atoms with E-state index in [2.05, 4.69) is 25.7 Å². The monoisotopic (exact) mass is 378 g/mol. The van der Waals surface area contributed by atoms with Gasteiger partial charge in [-0.25, -0.2) is 4.79 Å². The van der Waals surface area contributed by atoms with Crippen LogP contribution in [0.15, 0.2) is 24.8 Å². The summed E-state index contributed by atoms with van der Waals surface area (Å²) in [5.41, 5.74) is 0. The summed E-state index contributed by atoms with van der Waals surface area (Å²) in [5.74, 6) is -0.316. The summed E-state index contributed by atoms with van der Waals surface area (Å²) >= 11 is 0. The van der Waals surface area contributed by atoms with E-state index in [0.717, 1.165) is 19.3 Å². The van der Waals surface area contributed by atoms with Gasteiger partial charge >= 0.3 is 5.97 Å². The number of hydrogen-bond donors (Lipinski definition) is 0. The maximum Gasteiger partial charge on any atom is 0.330 e. The molecule has 0 aromatic rings. The molecule has 0 radical (unpaired) electrons. The van der Waals surface area contributed by atoms with Crippen LogP contribution in [0.1, 0.15) is 122 Å². The van der Waals surface area contributed by atoms with Gasteiger partial charge in [0, 0.05) is 6.08 Å². The van der Waals surface area contributed by atoms with E-state index < -0.39 is 0 Å². The van der Waals surface area contributed by atoms with Gasteiger partial charge in [0.05, 0.1) is 6.61 Å². The van der Waals surface area contributed by atoms with Crippen LogP contribution in [0.2, 0.25) is 0 Å². The second kappa shape index (κ2) is 23.0. The van der Waals surface area contributed by atoms with Crippen molar-refractivity contribution in [3.63, 3.8) is 0 Å². The topological polar surface area (TPSA) is 26.3 Å². The Balaban J connectivity index is 3.10. The number of allylic oxidation sites excluding steroid dienone is 2. The maximum atomic E-state index is 10.9. The average molecular weight is 379 g/mol. The number of rotatable bonds is 21. The number of esters is 1. The first-order valence-corrected chi connectivity index (χ1v) is 11.8. The van der Waals surface area contributed by atoms with Crippen LogP contribution in [-0.4, -0.2) is 12.6 Å². The SMILES string of the molecule is C=CC(=O)OCCCC/C=C/CCCCCCCCCCCCCCCC. The summed E-state index contributed by atoms with van der Waals surface area (Å²) in [6, 6.07) is 0. The molecule has 2 heteroatoms. The fraction of sp³-hybridized carbons (Fsp3) is 0.800. The first-order valence-electron chi connectivity index (χ1n) is 11.8. The summed E-state index contributed by atoms with van der Waals surface area (Å²) in [7, 11) is 0. The molecular weight excluding hydrogens is 332 g/mol. The number of unbranched alkanes of at least 4 members (excludes halogenated alkanes) is 16. The molecule has 0 aliphatic rings. The van der Waals surface area contributed by atoms with Gasteiger partial charge in [-0.15, -0.1) is 0 Å². The molecule has 0 atom stereocenters. The molecule has 0 N–H and O–H groups in total. The van der Waals surface area contributed by atoms with Crippen molar-refractivity contribution in [3.8, 4) is 0 Å². The summed E-state index contributed by atoms with van der Waals surface area (Å²) < 4.78 is 4.95. The Morgan fingerprint density at radius 1 is 0.667 bits per heavy atom. The second-order valence-electron chi connectivity index (χ2n) is 7.72. The highest BCUT2D eigenvalue weighted by molar-refractivity contribution is 5.81. The lowest BCUT2D eigenvalue weighted by Crippen LogP contribution is -2.01. The lowest BCUT2D eigenvalue weighted by atomic mass is 10.0. The molecule has 0 amide bonds. The van der Waals surface area contributed by atoms with Crippen LogP contribution in [0.3, 0.4) is 0 Å². The largest absolute Gasteiger partial charge is 0.463 e. The van der Waals surface area contributed by atoms with Crippen LogP contribution in [0.5, 0.6) is 0 Å². The van der Waals surface area contributed by atoms with Crippen molar-refractivity contribution in [2.45, 2.75) is 122 Å². The Kier molecular flexibility index (Phi) is 22.1. The van der Waals surface area contributed by atoms with Crippen LogP contribution >= 0.6 is 0 Å². The quantitative estimate of drug-likeness (QED) is 0.0868. The van der Waals surface area contributed by atoms with E-state index in [-0.39, 0.29) is 5.97 Å². The average Bonchev–Trinajstić information content (AvgIpc) is 2.68. The lowest BCUT2D eigenvalue weighted by molar-refractivity contribution is -0.137. The van der Waals surface area contributed by atoms with E-state index in [0.29, 0.717) is 6.61 Å². The third-order valence-corrected chi connectivity index (χ3v) is 5.07. The van der Waals surface area contributed by atoms with E-state index in [9.17, 15) is 4.79 Å². The van der Waals surface area contributed by atoms with E-state index in [4.69, 9.17) is 4.74 Å². The van der Waals surface area contributed by atoms with E-state index in [1.807, 2.05) is 0 Å². The molecule has 0 aliphatic carbocycles. The minimum absolute atomic E-state index is 0.316. The fourth-order valence-electron chi connectivity index (χ4n) is 3.29. The molecule has 0 heterocycles. The predicted molar refractivity (Wildman–Crippen MR) is 119 cm³/mol. The molecule has 27 heavy (non-hydrogen) atoms. The minimum Gasteiger partial charge on any atom is -0.463 e. The van der Waals surface area contributed by atoms with Gasteiger partial charge in [0.25, 0.3) is 0 Å². The first-order chi connectivity index (χ1) is 13.3. The number of carbonyl (C=O) groups excluding carboxylic acids is 1. The van der Waals surface area contributed by atoms with Crippen LogP contribution in [0, 0.1) is 0 Å². The van der Waals surface area contributed by atoms with Crippen molar-refractivity contribution in [1.29, 1.82) is 0 Å². The van der Waals surface area contributed by atoms with Crippen molar-refractivity contribution >= 4 is 5.97 Å². The third kappa shape index (κ3) is 22.9. The molecule has 0 aliphatic heterocycles. The zero-order valence-corrected chi connectivity index (χ0v) is 18.2. The predicted octanol–water partition coefficient (Wildman–Crippen LogP) is 8.31. The zero-order chi connectivity index (χ0) is 19.8. The van der Waals surface area contributed by atoms with Crippen molar-refractivity contribution in [2.75, 3.05) is 6.61 Å². The molecule has 0 saturated heterocycles. The Morgan fingerprint density at radius 2 is 1.07 bits per heavy atom. The fourth-order valence-corrected chi connectivity index (χ4v) is 3.29. The molecule has 0 bridgehead atoms. The van der Waals surface area contributed by atoms with Gasteiger partial charge in [0.1, 0.15) is 0 Å². The Labute approximate surface area is 169 Å². The minimum atomic E-state index is -0.316. The lowest BCUT2D eigenvalue weighted by Gasteiger charge is -2.03. The molecule has 0 unspecified atom stereocenters. The molecule has 158 valence electrons. The molecule has 0 aromatic carbocycles. The van der Waals surface area contributed by atoms with Gasteiger partial charge in [0.15, 0.2) is 0 Å². The van der Waals surface area contributed by atoms with Gasteiger partial charge < -0.3 is 4.74 Å². The van der Waals surface area contributed by atoms with E-state index >= 15 is 0 Å². The number of hydrogen-bond acceptors (Lipinski definition) is 2. The molecule has 2 nitrogen and oxygen atoms in total. The molecule has 0 saturated carbocycles. The third-order valence-electron chi connectivity index (χ3n) is 5.07. The van der Waals surface area contributed by atoms with Crippen LogP contribution < -0.4 is 0 Å². The molecule has 0 fully saturated rings. The standard InChI is InChI=1S/C25H46O2/c1-3-5-6-7-8-9-10-11-12-13-14-15-16-17-18-19-20-21-22-23-24-27-25(26)4-2/h4,19-20H,2-3,5-18,21-24H2,1H3/b20-19+. The highest BCUT2D eigenvalue weighted by atomic mass is 16.5. The van der Waals surface area contributed by atoms with Crippen LogP contribution in [0.4, 0.5) is 0 Å². The molecule has 0 rings (SSSR count). The highest BCUT2D eigenvalue weighted by Crippen LogP contribution is 2.13. The van der Waals surface area contributed by atoms with Gasteiger partial charge in [-0.1, -0.05) is 109 Å². The van der Waals surface area contributed by atoms with Crippen molar-refractivity contribution in [3.05, 3.63) is 24.8 Å². The summed E-state index contributed by atoms with van der Waals surface area (Å²) in [6.07, 6.45) is 30.0. The Bertz CT molecular complexity index is 346. The molecule has 0 aromatic heterocycles. The van der Waals surface area contributed by atoms with E-state index in [1.54, 1.807) is 0 Å². The Hall–Kier alpha value is -1.05. The summed E-state index contributed by atoms with van der Waals surface area (Å²) in [4.78, 5) is 10.9. The summed E-state index contributed by atoms with van der Waals surface area (Å²) in [6.45, 7) is 6.18. The van der Waals surface area contributed by atoms with Gasteiger partial charge in [0.2, 0.25) is 0 Å². The van der Waals surface area contributed by atoms with Crippen LogP contribution in [0.25, 0.3) is 0 Å². The number of carbonyl (C=O) groups is 1. The van der Waals surface area contributed by atoms with Crippen molar-refractivity contribution < 1.29 is 9.53 Å². The molecule has 0 spiro atoms. The number of ether oxygens (including phenoxy) is 1. The molecular formula is C25H46O2. The summed E-state index contributed by atoms with van der Waals surface area (Å²) in [5, 5.41) is 0. The highest BCUT2D eigenvalue weighted by Gasteiger charge is 1.95. The normalized spacial score (nSPS) is 11.1. The second-order valence-corrected chi connectivity index (χ2v) is 7.72. The maximum absolute atomic E-state index is 10.9. The van der Waals surface area contributed by atoms with Crippen molar-refractivity contribution in [1.82, 2.24) is 0 Å². The smallest absolute Gasteiger partial charge is 0.330 e. The first kappa shape index (κ1) is 26.0. The van der Waals surface area contributed by atoms with E-state index in [1.165, 1.54) is 102 Å². The Morgan fingerprint density at radius 3 is 1.52 bits per heavy atom. The van der Waals surface area contributed by atoms with Gasteiger partial charge in [-0.2, -0.15) is 0 Å².